The minimum absolute atomic E-state index is 0.111. The molecule has 0 heterocycles. The standard InChI is InChI=1S/C20H15BrFN3O8S2/c21-15-11-9-14(10-12-15)18(13-22)25(34(30,31)19-7-3-1-5-16(19)23(26)27)35(32,33)20-8-4-2-6-17(20)24(28)29/h1-12,18H,13H2. The minimum atomic E-state index is -5.37. The van der Waals surface area contributed by atoms with Gasteiger partial charge in [-0.2, -0.15) is 0 Å². The van der Waals surface area contributed by atoms with Crippen LogP contribution in [0.5, 0.6) is 0 Å². The summed E-state index contributed by atoms with van der Waals surface area (Å²) in [5.74, 6) is 0. The molecule has 0 spiro atoms. The quantitative estimate of drug-likeness (QED) is 0.264. The van der Waals surface area contributed by atoms with Gasteiger partial charge in [0.15, 0.2) is 9.79 Å². The number of nitro groups is 2. The van der Waals surface area contributed by atoms with E-state index in [1.54, 1.807) is 0 Å². The summed E-state index contributed by atoms with van der Waals surface area (Å²) >= 11 is 3.16. The molecular formula is C20H15BrFN3O8S2. The zero-order valence-corrected chi connectivity index (χ0v) is 20.6. The van der Waals surface area contributed by atoms with E-state index in [9.17, 15) is 41.5 Å². The van der Waals surface area contributed by atoms with Crippen LogP contribution in [-0.2, 0) is 20.0 Å². The highest BCUT2D eigenvalue weighted by Gasteiger charge is 2.47. The van der Waals surface area contributed by atoms with Crippen molar-refractivity contribution in [2.45, 2.75) is 15.8 Å². The molecule has 35 heavy (non-hydrogen) atoms. The third-order valence-corrected chi connectivity index (χ3v) is 9.77. The van der Waals surface area contributed by atoms with Crippen molar-refractivity contribution in [3.63, 3.8) is 0 Å². The van der Waals surface area contributed by atoms with Gasteiger partial charge in [0.25, 0.3) is 31.4 Å². The SMILES string of the molecule is O=[N+]([O-])c1ccccc1S(=O)(=O)N(C(CF)c1ccc(Br)cc1)S(=O)(=O)c1ccccc1[N+](=O)[O-]. The van der Waals surface area contributed by atoms with Gasteiger partial charge in [-0.15, -0.1) is 0 Å². The van der Waals surface area contributed by atoms with Crippen molar-refractivity contribution in [3.8, 4) is 0 Å². The van der Waals surface area contributed by atoms with Crippen molar-refractivity contribution in [1.29, 1.82) is 0 Å². The topological polar surface area (TPSA) is 158 Å². The predicted molar refractivity (Wildman–Crippen MR) is 125 cm³/mol. The highest BCUT2D eigenvalue weighted by molar-refractivity contribution is 9.10. The normalized spacial score (nSPS) is 12.9. The molecule has 0 aromatic heterocycles. The fraction of sp³-hybridized carbons (Fsp3) is 0.100. The highest BCUT2D eigenvalue weighted by Crippen LogP contribution is 2.39. The van der Waals surface area contributed by atoms with E-state index in [-0.39, 0.29) is 9.27 Å². The Hall–Kier alpha value is -3.27. The number of benzene rings is 3. The lowest BCUT2D eigenvalue weighted by molar-refractivity contribution is -0.388. The van der Waals surface area contributed by atoms with Crippen LogP contribution in [0.4, 0.5) is 15.8 Å². The molecule has 1 atom stereocenters. The Morgan fingerprint density at radius 3 is 1.54 bits per heavy atom. The van der Waals surface area contributed by atoms with Gasteiger partial charge >= 0.3 is 0 Å². The number of nitro benzene ring substituents is 2. The number of alkyl halides is 1. The lowest BCUT2D eigenvalue weighted by Gasteiger charge is -2.28. The van der Waals surface area contributed by atoms with Crippen LogP contribution in [0, 0.1) is 20.2 Å². The fourth-order valence-electron chi connectivity index (χ4n) is 3.26. The van der Waals surface area contributed by atoms with Gasteiger partial charge in [-0.25, -0.2) is 21.2 Å². The Bertz CT molecular complexity index is 1410. The van der Waals surface area contributed by atoms with Crippen LogP contribution in [0.25, 0.3) is 0 Å². The largest absolute Gasteiger partial charge is 0.289 e. The summed E-state index contributed by atoms with van der Waals surface area (Å²) in [5, 5.41) is 23.0. The predicted octanol–water partition coefficient (Wildman–Crippen LogP) is 4.36. The van der Waals surface area contributed by atoms with Gasteiger partial charge < -0.3 is 0 Å². The maximum atomic E-state index is 14.5. The molecule has 0 N–H and O–H groups in total. The maximum Gasteiger partial charge on any atom is 0.289 e. The molecule has 0 saturated carbocycles. The first-order chi connectivity index (χ1) is 16.4. The van der Waals surface area contributed by atoms with Crippen LogP contribution in [0.15, 0.2) is 87.1 Å². The van der Waals surface area contributed by atoms with Crippen LogP contribution in [0.2, 0.25) is 0 Å². The number of halogens is 2. The first kappa shape index (κ1) is 26.3. The first-order valence-electron chi connectivity index (χ1n) is 9.51. The molecule has 0 fully saturated rings. The van der Waals surface area contributed by atoms with Crippen molar-refractivity contribution in [2.75, 3.05) is 6.67 Å². The molecule has 0 aliphatic rings. The van der Waals surface area contributed by atoms with Crippen molar-refractivity contribution in [3.05, 3.63) is 103 Å². The van der Waals surface area contributed by atoms with E-state index in [4.69, 9.17) is 0 Å². The van der Waals surface area contributed by atoms with E-state index in [0.29, 0.717) is 4.47 Å². The lowest BCUT2D eigenvalue weighted by Crippen LogP contribution is -2.41. The van der Waals surface area contributed by atoms with E-state index in [1.807, 2.05) is 0 Å². The van der Waals surface area contributed by atoms with Gasteiger partial charge in [0, 0.05) is 16.6 Å². The van der Waals surface area contributed by atoms with Gasteiger partial charge in [-0.3, -0.25) is 20.2 Å². The van der Waals surface area contributed by atoms with E-state index >= 15 is 0 Å². The summed E-state index contributed by atoms with van der Waals surface area (Å²) in [4.78, 5) is 18.9. The number of hydrogen-bond donors (Lipinski definition) is 0. The molecule has 0 aliphatic heterocycles. The van der Waals surface area contributed by atoms with Crippen molar-refractivity contribution in [1.82, 2.24) is 3.71 Å². The van der Waals surface area contributed by atoms with E-state index in [1.165, 1.54) is 36.4 Å². The molecule has 11 nitrogen and oxygen atoms in total. The zero-order valence-electron chi connectivity index (χ0n) is 17.4. The maximum absolute atomic E-state index is 14.5. The lowest BCUT2D eigenvalue weighted by atomic mass is 10.1. The van der Waals surface area contributed by atoms with E-state index in [0.717, 1.165) is 36.4 Å². The second-order valence-electron chi connectivity index (χ2n) is 6.91. The smallest absolute Gasteiger partial charge is 0.258 e. The Morgan fingerprint density at radius 1 is 0.771 bits per heavy atom. The molecule has 1 unspecified atom stereocenters. The molecule has 3 aromatic rings. The molecule has 15 heteroatoms. The van der Waals surface area contributed by atoms with Crippen LogP contribution >= 0.6 is 15.9 Å². The minimum Gasteiger partial charge on any atom is -0.258 e. The molecule has 0 amide bonds. The average Bonchev–Trinajstić information content (AvgIpc) is 2.82. The van der Waals surface area contributed by atoms with Crippen molar-refractivity contribution in [2.24, 2.45) is 0 Å². The Labute approximate surface area is 207 Å². The van der Waals surface area contributed by atoms with Gasteiger partial charge in [0.05, 0.1) is 15.9 Å². The summed E-state index contributed by atoms with van der Waals surface area (Å²) in [6.45, 7) is -1.57. The van der Waals surface area contributed by atoms with Crippen LogP contribution in [0.3, 0.4) is 0 Å². The third-order valence-electron chi connectivity index (χ3n) is 4.81. The second-order valence-corrected chi connectivity index (χ2v) is 11.6. The summed E-state index contributed by atoms with van der Waals surface area (Å²) < 4.78 is 69.5. The monoisotopic (exact) mass is 587 g/mol. The summed E-state index contributed by atoms with van der Waals surface area (Å²) in [6.07, 6.45) is 0. The Balaban J connectivity index is 2.40. The molecule has 3 rings (SSSR count). The van der Waals surface area contributed by atoms with Crippen LogP contribution in [0.1, 0.15) is 11.6 Å². The van der Waals surface area contributed by atoms with Gasteiger partial charge in [0.1, 0.15) is 6.67 Å². The average molecular weight is 588 g/mol. The molecule has 0 saturated heterocycles. The third kappa shape index (κ3) is 5.07. The molecule has 184 valence electrons. The molecular weight excluding hydrogens is 573 g/mol. The van der Waals surface area contributed by atoms with Crippen molar-refractivity contribution < 1.29 is 31.1 Å². The van der Waals surface area contributed by atoms with Gasteiger partial charge in [-0.05, 0) is 29.8 Å². The molecule has 3 aromatic carbocycles. The van der Waals surface area contributed by atoms with Crippen molar-refractivity contribution >= 4 is 47.4 Å². The zero-order chi connectivity index (χ0) is 26.0. The number of nitrogens with zero attached hydrogens (tertiary/aromatic N) is 3. The number of hydrogen-bond acceptors (Lipinski definition) is 8. The number of rotatable bonds is 9. The van der Waals surface area contributed by atoms with Gasteiger partial charge in [-0.1, -0.05) is 56.0 Å². The van der Waals surface area contributed by atoms with Crippen LogP contribution < -0.4 is 0 Å². The molecule has 0 radical (unpaired) electrons. The summed E-state index contributed by atoms with van der Waals surface area (Å²) in [7, 11) is -10.7. The van der Waals surface area contributed by atoms with E-state index < -0.39 is 63.8 Å². The fourth-order valence-corrected chi connectivity index (χ4v) is 7.77. The number of para-hydroxylation sites is 2. The van der Waals surface area contributed by atoms with E-state index in [2.05, 4.69) is 15.9 Å². The van der Waals surface area contributed by atoms with Crippen LogP contribution in [-0.4, -0.2) is 37.1 Å². The summed E-state index contributed by atoms with van der Waals surface area (Å²) in [5.41, 5.74) is -2.02. The number of sulfonamides is 2. The Kier molecular flexibility index (Phi) is 7.64. The second kappa shape index (κ2) is 10.2. The Morgan fingerprint density at radius 2 is 1.17 bits per heavy atom. The molecule has 0 bridgehead atoms. The molecule has 0 aliphatic carbocycles. The first-order valence-corrected chi connectivity index (χ1v) is 13.2. The highest BCUT2D eigenvalue weighted by atomic mass is 79.9. The van der Waals surface area contributed by atoms with Gasteiger partial charge in [0.2, 0.25) is 0 Å². The summed E-state index contributed by atoms with van der Waals surface area (Å²) in [6, 6.07) is 11.2.